The van der Waals surface area contributed by atoms with E-state index in [9.17, 15) is 27.2 Å². The number of halogens is 6. The molecule has 4 rings (SSSR count). The molecule has 1 saturated carbocycles. The molecular weight excluding hydrogens is 525 g/mol. The van der Waals surface area contributed by atoms with Gasteiger partial charge in [-0.25, -0.2) is 13.6 Å². The van der Waals surface area contributed by atoms with E-state index in [1.807, 2.05) is 0 Å². The number of amides is 1. The molecule has 1 aliphatic carbocycles. The summed E-state index contributed by atoms with van der Waals surface area (Å²) in [5, 5.41) is 6.11. The summed E-state index contributed by atoms with van der Waals surface area (Å²) in [7, 11) is 1.14. The van der Waals surface area contributed by atoms with Gasteiger partial charge in [0.25, 0.3) is 5.91 Å². The van der Waals surface area contributed by atoms with E-state index in [2.05, 4.69) is 15.2 Å². The smallest absolute Gasteiger partial charge is 0.425 e. The standard InChI is InChI=1S/C24H19ClF5N3O4/c1-11(24(28,29)30)37-20-9-13(19-10-18(23(35)36-2)32-33(19)12-6-7-12)17(27)8-14(20)22(34)31-21-15(25)4-3-5-16(21)26/h3-5,8-12H,6-7H2,1-2H3,(H,31,34)/t11-/m0/s1. The van der Waals surface area contributed by atoms with Gasteiger partial charge >= 0.3 is 12.1 Å². The molecule has 2 aromatic carbocycles. The first-order valence-electron chi connectivity index (χ1n) is 10.9. The summed E-state index contributed by atoms with van der Waals surface area (Å²) in [6.07, 6.45) is -5.82. The van der Waals surface area contributed by atoms with E-state index >= 15 is 4.39 Å². The number of nitrogens with one attached hydrogen (secondary N) is 1. The van der Waals surface area contributed by atoms with Gasteiger partial charge in [0.2, 0.25) is 0 Å². The Kier molecular flexibility index (Phi) is 7.13. The molecule has 1 fully saturated rings. The van der Waals surface area contributed by atoms with Crippen molar-refractivity contribution in [2.45, 2.75) is 38.1 Å². The van der Waals surface area contributed by atoms with Gasteiger partial charge in [0.05, 0.1) is 35.1 Å². The number of rotatable bonds is 7. The minimum atomic E-state index is -4.81. The second-order valence-corrected chi connectivity index (χ2v) is 8.67. The highest BCUT2D eigenvalue weighted by atomic mass is 35.5. The lowest BCUT2D eigenvalue weighted by Crippen LogP contribution is -2.32. The molecule has 0 aliphatic heterocycles. The second kappa shape index (κ2) is 10.0. The Morgan fingerprint density at radius 3 is 2.46 bits per heavy atom. The van der Waals surface area contributed by atoms with Gasteiger partial charge in [-0.3, -0.25) is 9.48 Å². The molecule has 1 atom stereocenters. The van der Waals surface area contributed by atoms with Gasteiger partial charge in [0, 0.05) is 5.56 Å². The van der Waals surface area contributed by atoms with Crippen LogP contribution in [0.15, 0.2) is 36.4 Å². The number of benzene rings is 2. The Morgan fingerprint density at radius 2 is 1.86 bits per heavy atom. The summed E-state index contributed by atoms with van der Waals surface area (Å²) in [5.74, 6) is -4.51. The number of nitrogens with zero attached hydrogens (tertiary/aromatic N) is 2. The molecule has 1 aromatic heterocycles. The molecule has 0 bridgehead atoms. The lowest BCUT2D eigenvalue weighted by molar-refractivity contribution is -0.189. The summed E-state index contributed by atoms with van der Waals surface area (Å²) >= 11 is 5.92. The van der Waals surface area contributed by atoms with Crippen LogP contribution in [0, 0.1) is 11.6 Å². The van der Waals surface area contributed by atoms with Crippen LogP contribution in [-0.4, -0.2) is 41.0 Å². The second-order valence-electron chi connectivity index (χ2n) is 8.26. The van der Waals surface area contributed by atoms with Gasteiger partial charge in [-0.05, 0) is 50.1 Å². The molecule has 1 N–H and O–H groups in total. The molecular formula is C24H19ClF5N3O4. The van der Waals surface area contributed by atoms with Crippen LogP contribution < -0.4 is 10.1 Å². The van der Waals surface area contributed by atoms with Gasteiger partial charge in [-0.2, -0.15) is 18.3 Å². The molecule has 13 heteroatoms. The first-order valence-corrected chi connectivity index (χ1v) is 11.3. The van der Waals surface area contributed by atoms with Crippen molar-refractivity contribution in [2.75, 3.05) is 12.4 Å². The molecule has 1 aliphatic rings. The van der Waals surface area contributed by atoms with E-state index in [0.29, 0.717) is 25.8 Å². The predicted octanol–water partition coefficient (Wildman–Crippen LogP) is 6.19. The third-order valence-electron chi connectivity index (χ3n) is 5.58. The van der Waals surface area contributed by atoms with Crippen LogP contribution in [0.2, 0.25) is 5.02 Å². The topological polar surface area (TPSA) is 82.5 Å². The third-order valence-corrected chi connectivity index (χ3v) is 5.89. The number of methoxy groups -OCH3 is 1. The van der Waals surface area contributed by atoms with Gasteiger partial charge in [0.1, 0.15) is 17.4 Å². The monoisotopic (exact) mass is 543 g/mol. The minimum absolute atomic E-state index is 0.0778. The predicted molar refractivity (Wildman–Crippen MR) is 123 cm³/mol. The fourth-order valence-electron chi connectivity index (χ4n) is 3.48. The highest BCUT2D eigenvalue weighted by Crippen LogP contribution is 2.41. The summed E-state index contributed by atoms with van der Waals surface area (Å²) in [5.41, 5.74) is -1.40. The number of carbonyl (C=O) groups excluding carboxylic acids is 2. The number of hydrogen-bond acceptors (Lipinski definition) is 5. The molecule has 196 valence electrons. The molecule has 0 saturated heterocycles. The molecule has 37 heavy (non-hydrogen) atoms. The number of hydrogen-bond donors (Lipinski definition) is 1. The molecule has 1 heterocycles. The summed E-state index contributed by atoms with van der Waals surface area (Å²) in [6.45, 7) is 0.711. The molecule has 0 radical (unpaired) electrons. The zero-order valence-corrected chi connectivity index (χ0v) is 20.1. The molecule has 3 aromatic rings. The van der Waals surface area contributed by atoms with Crippen molar-refractivity contribution in [2.24, 2.45) is 0 Å². The van der Waals surface area contributed by atoms with Crippen molar-refractivity contribution >= 4 is 29.2 Å². The fourth-order valence-corrected chi connectivity index (χ4v) is 3.69. The first-order chi connectivity index (χ1) is 17.4. The largest absolute Gasteiger partial charge is 0.480 e. The van der Waals surface area contributed by atoms with E-state index in [4.69, 9.17) is 16.3 Å². The zero-order valence-electron chi connectivity index (χ0n) is 19.3. The quantitative estimate of drug-likeness (QED) is 0.284. The molecule has 1 amide bonds. The van der Waals surface area contributed by atoms with Crippen LogP contribution in [0.3, 0.4) is 0 Å². The molecule has 0 unspecified atom stereocenters. The van der Waals surface area contributed by atoms with Crippen molar-refractivity contribution in [1.29, 1.82) is 0 Å². The number of esters is 1. The van der Waals surface area contributed by atoms with E-state index < -0.39 is 52.8 Å². The number of para-hydroxylation sites is 1. The van der Waals surface area contributed by atoms with Crippen molar-refractivity contribution < 1.29 is 41.0 Å². The fraction of sp³-hybridized carbons (Fsp3) is 0.292. The maximum Gasteiger partial charge on any atom is 0.425 e. The number of ether oxygens (including phenoxy) is 2. The Balaban J connectivity index is 1.82. The number of carbonyl (C=O) groups is 2. The Morgan fingerprint density at radius 1 is 1.16 bits per heavy atom. The zero-order chi connectivity index (χ0) is 27.1. The van der Waals surface area contributed by atoms with E-state index in [1.54, 1.807) is 0 Å². The lowest BCUT2D eigenvalue weighted by Gasteiger charge is -2.21. The lowest BCUT2D eigenvalue weighted by atomic mass is 10.0. The summed E-state index contributed by atoms with van der Waals surface area (Å²) in [4.78, 5) is 24.9. The summed E-state index contributed by atoms with van der Waals surface area (Å²) < 4.78 is 80.5. The maximum absolute atomic E-state index is 15.4. The number of anilines is 1. The summed E-state index contributed by atoms with van der Waals surface area (Å²) in [6, 6.07) is 6.23. The molecule has 7 nitrogen and oxygen atoms in total. The van der Waals surface area contributed by atoms with E-state index in [0.717, 1.165) is 19.2 Å². The Hall–Kier alpha value is -3.67. The van der Waals surface area contributed by atoms with Gasteiger partial charge < -0.3 is 14.8 Å². The van der Waals surface area contributed by atoms with Gasteiger partial charge in [-0.15, -0.1) is 0 Å². The Bertz CT molecular complexity index is 1350. The van der Waals surface area contributed by atoms with Crippen molar-refractivity contribution in [3.8, 4) is 17.0 Å². The normalized spacial score (nSPS) is 14.3. The first kappa shape index (κ1) is 26.4. The molecule has 0 spiro atoms. The minimum Gasteiger partial charge on any atom is -0.480 e. The maximum atomic E-state index is 15.4. The van der Waals surface area contributed by atoms with Crippen LogP contribution in [0.25, 0.3) is 11.3 Å². The van der Waals surface area contributed by atoms with E-state index in [-0.39, 0.29) is 28.0 Å². The van der Waals surface area contributed by atoms with Crippen LogP contribution in [0.4, 0.5) is 27.6 Å². The highest BCUT2D eigenvalue weighted by Gasteiger charge is 2.39. The average molecular weight is 544 g/mol. The Labute approximate surface area is 212 Å². The third kappa shape index (κ3) is 5.53. The van der Waals surface area contributed by atoms with Crippen LogP contribution in [0.5, 0.6) is 5.75 Å². The average Bonchev–Trinajstić information content (AvgIpc) is 3.59. The van der Waals surface area contributed by atoms with Crippen molar-refractivity contribution in [1.82, 2.24) is 9.78 Å². The SMILES string of the molecule is COC(=O)c1cc(-c2cc(O[C@@H](C)C(F)(F)F)c(C(=O)Nc3c(F)cccc3Cl)cc2F)n(C2CC2)n1. The number of alkyl halides is 3. The van der Waals surface area contributed by atoms with Crippen LogP contribution >= 0.6 is 11.6 Å². The van der Waals surface area contributed by atoms with Crippen molar-refractivity contribution in [3.63, 3.8) is 0 Å². The van der Waals surface area contributed by atoms with Crippen molar-refractivity contribution in [3.05, 3.63) is 64.3 Å². The van der Waals surface area contributed by atoms with E-state index in [1.165, 1.54) is 22.9 Å². The van der Waals surface area contributed by atoms with Crippen LogP contribution in [-0.2, 0) is 4.74 Å². The van der Waals surface area contributed by atoms with Gasteiger partial charge in [0.15, 0.2) is 11.8 Å². The van der Waals surface area contributed by atoms with Gasteiger partial charge in [-0.1, -0.05) is 17.7 Å². The highest BCUT2D eigenvalue weighted by molar-refractivity contribution is 6.34. The number of aromatic nitrogens is 2. The van der Waals surface area contributed by atoms with Crippen LogP contribution in [0.1, 0.15) is 46.7 Å².